The summed E-state index contributed by atoms with van der Waals surface area (Å²) in [4.78, 5) is 16.3. The Morgan fingerprint density at radius 2 is 1.91 bits per heavy atom. The summed E-state index contributed by atoms with van der Waals surface area (Å²) in [6.45, 7) is 0. The Kier molecular flexibility index (Phi) is 3.93. The summed E-state index contributed by atoms with van der Waals surface area (Å²) >= 11 is 1.26. The summed E-state index contributed by atoms with van der Waals surface area (Å²) in [5, 5.41) is 0.472. The van der Waals surface area contributed by atoms with Crippen molar-refractivity contribution in [2.45, 2.75) is 17.1 Å². The van der Waals surface area contributed by atoms with Crippen LogP contribution in [0, 0.1) is 0 Å². The molecule has 0 saturated heterocycles. The summed E-state index contributed by atoms with van der Waals surface area (Å²) in [6.07, 6.45) is 0.204. The van der Waals surface area contributed by atoms with Crippen molar-refractivity contribution in [2.75, 3.05) is 0 Å². The van der Waals surface area contributed by atoms with Gasteiger partial charge in [0, 0.05) is 5.75 Å². The monoisotopic (exact) mass is 322 g/mol. The minimum Gasteiger partial charge on any atom is -0.243 e. The second-order valence-electron chi connectivity index (χ2n) is 4.43. The number of nitrogens with zero attached hydrogens (tertiary/aromatic N) is 4. The van der Waals surface area contributed by atoms with E-state index in [4.69, 9.17) is 0 Å². The molecule has 0 bridgehead atoms. The maximum Gasteiger partial charge on any atom is 0.416 e. The molecular weight excluding hydrogens is 313 g/mol. The maximum absolute atomic E-state index is 12.7. The van der Waals surface area contributed by atoms with Crippen molar-refractivity contribution >= 4 is 22.8 Å². The fourth-order valence-corrected chi connectivity index (χ4v) is 2.59. The van der Waals surface area contributed by atoms with Gasteiger partial charge in [-0.2, -0.15) is 13.2 Å². The Morgan fingerprint density at radius 3 is 2.73 bits per heavy atom. The summed E-state index contributed by atoms with van der Waals surface area (Å²) in [5.74, 6) is 0.350. The molecule has 2 aromatic heterocycles. The molecule has 0 aliphatic carbocycles. The van der Waals surface area contributed by atoms with Gasteiger partial charge in [-0.3, -0.25) is 0 Å². The van der Waals surface area contributed by atoms with Crippen molar-refractivity contribution in [3.8, 4) is 0 Å². The zero-order valence-corrected chi connectivity index (χ0v) is 11.9. The van der Waals surface area contributed by atoms with Crippen molar-refractivity contribution in [3.05, 3.63) is 54.1 Å². The maximum atomic E-state index is 12.7. The van der Waals surface area contributed by atoms with Crippen LogP contribution in [0.5, 0.6) is 0 Å². The third-order valence-corrected chi connectivity index (χ3v) is 3.79. The Labute approximate surface area is 127 Å². The lowest BCUT2D eigenvalue weighted by Crippen LogP contribution is -2.04. The number of hydrogen-bond donors (Lipinski definition) is 0. The predicted molar refractivity (Wildman–Crippen MR) is 76.1 cm³/mol. The number of fused-ring (bicyclic) bond motifs is 1. The molecule has 112 valence electrons. The molecule has 0 spiro atoms. The van der Waals surface area contributed by atoms with Gasteiger partial charge in [-0.15, -0.1) is 0 Å². The molecule has 0 fully saturated rings. The number of hydrogen-bond acceptors (Lipinski definition) is 5. The normalized spacial score (nSPS) is 11.8. The molecule has 0 N–H and O–H groups in total. The number of benzene rings is 1. The fraction of sp³-hybridized carbons (Fsp3) is 0.143. The first-order chi connectivity index (χ1) is 10.5. The smallest absolute Gasteiger partial charge is 0.243 e. The minimum atomic E-state index is -4.34. The largest absolute Gasteiger partial charge is 0.416 e. The van der Waals surface area contributed by atoms with Gasteiger partial charge in [0.1, 0.15) is 17.4 Å². The number of alkyl halides is 3. The van der Waals surface area contributed by atoms with Gasteiger partial charge in [-0.05, 0) is 11.6 Å². The number of thioether (sulfide) groups is 1. The summed E-state index contributed by atoms with van der Waals surface area (Å²) in [5.41, 5.74) is 1.13. The molecule has 0 atom stereocenters. The van der Waals surface area contributed by atoms with Crippen LogP contribution in [0.1, 0.15) is 11.1 Å². The van der Waals surface area contributed by atoms with E-state index in [1.165, 1.54) is 24.2 Å². The summed E-state index contributed by atoms with van der Waals surface area (Å²) < 4.78 is 38.0. The van der Waals surface area contributed by atoms with Crippen LogP contribution in [-0.2, 0) is 11.9 Å². The van der Waals surface area contributed by atoms with Crippen molar-refractivity contribution in [3.63, 3.8) is 0 Å². The number of rotatable bonds is 3. The van der Waals surface area contributed by atoms with E-state index in [-0.39, 0.29) is 0 Å². The molecule has 22 heavy (non-hydrogen) atoms. The summed E-state index contributed by atoms with van der Waals surface area (Å²) in [7, 11) is 0. The molecule has 1 aromatic carbocycles. The van der Waals surface area contributed by atoms with Crippen molar-refractivity contribution in [2.24, 2.45) is 0 Å². The lowest BCUT2D eigenvalue weighted by molar-refractivity contribution is -0.137. The quantitative estimate of drug-likeness (QED) is 0.543. The van der Waals surface area contributed by atoms with Crippen LogP contribution < -0.4 is 0 Å². The SMILES string of the molecule is FC(F)(F)c1cccc(CSc2ncc3ncncc3n2)c1. The van der Waals surface area contributed by atoms with E-state index in [1.54, 1.807) is 18.5 Å². The second kappa shape index (κ2) is 5.88. The van der Waals surface area contributed by atoms with Crippen molar-refractivity contribution < 1.29 is 13.2 Å². The van der Waals surface area contributed by atoms with Crippen molar-refractivity contribution in [1.29, 1.82) is 0 Å². The molecule has 0 amide bonds. The van der Waals surface area contributed by atoms with Crippen molar-refractivity contribution in [1.82, 2.24) is 19.9 Å². The number of halogens is 3. The molecule has 0 radical (unpaired) electrons. The Bertz CT molecular complexity index is 807. The lowest BCUT2D eigenvalue weighted by Gasteiger charge is -2.08. The van der Waals surface area contributed by atoms with Gasteiger partial charge in [0.25, 0.3) is 0 Å². The summed E-state index contributed by atoms with van der Waals surface area (Å²) in [6, 6.07) is 5.23. The van der Waals surface area contributed by atoms with Crippen LogP contribution in [0.3, 0.4) is 0 Å². The molecular formula is C14H9F3N4S. The van der Waals surface area contributed by atoms with E-state index >= 15 is 0 Å². The fourth-order valence-electron chi connectivity index (χ4n) is 1.82. The minimum absolute atomic E-state index is 0.350. The highest BCUT2D eigenvalue weighted by atomic mass is 32.2. The topological polar surface area (TPSA) is 51.6 Å². The average molecular weight is 322 g/mol. The molecule has 3 aromatic rings. The molecule has 4 nitrogen and oxygen atoms in total. The van der Waals surface area contributed by atoms with Crippen LogP contribution in [0.25, 0.3) is 11.0 Å². The third-order valence-electron chi connectivity index (χ3n) is 2.86. The highest BCUT2D eigenvalue weighted by Gasteiger charge is 2.30. The van der Waals surface area contributed by atoms with E-state index in [0.717, 1.165) is 12.1 Å². The first-order valence-corrected chi connectivity index (χ1v) is 7.22. The number of aromatic nitrogens is 4. The Hall–Kier alpha value is -2.22. The second-order valence-corrected chi connectivity index (χ2v) is 5.38. The van der Waals surface area contributed by atoms with Gasteiger partial charge in [-0.1, -0.05) is 30.0 Å². The highest BCUT2D eigenvalue weighted by molar-refractivity contribution is 7.98. The standard InChI is InChI=1S/C14H9F3N4S/c15-14(16,17)10-3-1-2-9(4-10)7-22-13-19-6-11-12(21-13)5-18-8-20-11/h1-6,8H,7H2. The zero-order valence-electron chi connectivity index (χ0n) is 11.1. The van der Waals surface area contributed by atoms with E-state index in [1.807, 2.05) is 0 Å². The Morgan fingerprint density at radius 1 is 1.05 bits per heavy atom. The van der Waals surface area contributed by atoms with Crippen LogP contribution in [0.4, 0.5) is 13.2 Å². The van der Waals surface area contributed by atoms with Crippen LogP contribution in [0.15, 0.2) is 48.1 Å². The molecule has 0 aliphatic rings. The molecule has 3 rings (SSSR count). The molecule has 0 aliphatic heterocycles. The highest BCUT2D eigenvalue weighted by Crippen LogP contribution is 2.30. The van der Waals surface area contributed by atoms with Crippen LogP contribution in [-0.4, -0.2) is 19.9 Å². The van der Waals surface area contributed by atoms with Gasteiger partial charge in [0.15, 0.2) is 5.16 Å². The van der Waals surface area contributed by atoms with E-state index < -0.39 is 11.7 Å². The molecule has 2 heterocycles. The van der Waals surface area contributed by atoms with E-state index in [0.29, 0.717) is 27.5 Å². The van der Waals surface area contributed by atoms with Crippen LogP contribution in [0.2, 0.25) is 0 Å². The van der Waals surface area contributed by atoms with E-state index in [9.17, 15) is 13.2 Å². The average Bonchev–Trinajstić information content (AvgIpc) is 2.52. The van der Waals surface area contributed by atoms with E-state index in [2.05, 4.69) is 19.9 Å². The molecule has 0 unspecified atom stereocenters. The third kappa shape index (κ3) is 3.33. The lowest BCUT2D eigenvalue weighted by atomic mass is 10.1. The van der Waals surface area contributed by atoms with Gasteiger partial charge in [-0.25, -0.2) is 19.9 Å². The first-order valence-electron chi connectivity index (χ1n) is 6.24. The van der Waals surface area contributed by atoms with Gasteiger partial charge < -0.3 is 0 Å². The Balaban J connectivity index is 1.76. The van der Waals surface area contributed by atoms with Gasteiger partial charge in [0.2, 0.25) is 0 Å². The van der Waals surface area contributed by atoms with Gasteiger partial charge in [0.05, 0.1) is 18.0 Å². The first kappa shape index (κ1) is 14.7. The van der Waals surface area contributed by atoms with Crippen LogP contribution >= 0.6 is 11.8 Å². The predicted octanol–water partition coefficient (Wildman–Crippen LogP) is 3.73. The molecule has 8 heteroatoms. The zero-order chi connectivity index (χ0) is 15.6. The molecule has 0 saturated carbocycles. The van der Waals surface area contributed by atoms with Gasteiger partial charge >= 0.3 is 6.18 Å².